The molecule has 0 radical (unpaired) electrons. The molecule has 0 bridgehead atoms. The van der Waals surface area contributed by atoms with E-state index in [1.54, 1.807) is 0 Å². The summed E-state index contributed by atoms with van der Waals surface area (Å²) in [6.45, 7) is 2.31. The largest absolute Gasteiger partial charge is 0.350 e. The van der Waals surface area contributed by atoms with Crippen molar-refractivity contribution in [1.29, 1.82) is 0 Å². The molecule has 2 rings (SSSR count). The van der Waals surface area contributed by atoms with Crippen LogP contribution in [0.4, 0.5) is 0 Å². The van der Waals surface area contributed by atoms with Gasteiger partial charge in [0.25, 0.3) is 5.91 Å². The van der Waals surface area contributed by atoms with Gasteiger partial charge in [0, 0.05) is 16.6 Å². The molecule has 1 atom stereocenters. The molecule has 0 aliphatic rings. The van der Waals surface area contributed by atoms with E-state index >= 15 is 0 Å². The highest BCUT2D eigenvalue weighted by molar-refractivity contribution is 9.10. The Labute approximate surface area is 132 Å². The van der Waals surface area contributed by atoms with Crippen LogP contribution in [0.15, 0.2) is 53.0 Å². The summed E-state index contributed by atoms with van der Waals surface area (Å²) in [6.07, 6.45) is 0. The third-order valence-corrected chi connectivity index (χ3v) is 3.95. The number of aryl methyl sites for hydroxylation is 1. The first-order chi connectivity index (χ1) is 9.58. The summed E-state index contributed by atoms with van der Waals surface area (Å²) in [5, 5.41) is 2.64. The number of alkyl halides is 1. The second kappa shape index (κ2) is 6.91. The lowest BCUT2D eigenvalue weighted by molar-refractivity contribution is 0.0953. The van der Waals surface area contributed by atoms with Gasteiger partial charge in [-0.25, -0.2) is 0 Å². The van der Waals surface area contributed by atoms with Crippen molar-refractivity contribution in [3.8, 4) is 0 Å². The number of carbonyl (C=O) groups is 1. The standard InChI is InChI=1S/C16H15BrClNO/c1-11-7-8-13(17)9-14(11)16(20)19-10-15(18)12-5-3-2-4-6-12/h2-9,15H,10H2,1H3,(H,19,20). The van der Waals surface area contributed by atoms with Gasteiger partial charge in [-0.2, -0.15) is 0 Å². The van der Waals surface area contributed by atoms with Crippen LogP contribution in [0.1, 0.15) is 26.9 Å². The lowest BCUT2D eigenvalue weighted by atomic mass is 10.1. The van der Waals surface area contributed by atoms with Crippen molar-refractivity contribution in [2.75, 3.05) is 6.54 Å². The summed E-state index contributed by atoms with van der Waals surface area (Å²) in [5.74, 6) is -0.106. The van der Waals surface area contributed by atoms with E-state index in [-0.39, 0.29) is 11.3 Å². The Balaban J connectivity index is 2.00. The van der Waals surface area contributed by atoms with Gasteiger partial charge >= 0.3 is 0 Å². The SMILES string of the molecule is Cc1ccc(Br)cc1C(=O)NCC(Cl)c1ccccc1. The van der Waals surface area contributed by atoms with Crippen LogP contribution in [0.3, 0.4) is 0 Å². The molecule has 0 aliphatic heterocycles. The van der Waals surface area contributed by atoms with E-state index < -0.39 is 0 Å². The predicted octanol–water partition coefficient (Wildman–Crippen LogP) is 4.47. The minimum Gasteiger partial charge on any atom is -0.350 e. The van der Waals surface area contributed by atoms with Crippen LogP contribution in [0.2, 0.25) is 0 Å². The van der Waals surface area contributed by atoms with Gasteiger partial charge < -0.3 is 5.32 Å². The summed E-state index contributed by atoms with van der Waals surface area (Å²) in [4.78, 5) is 12.2. The molecule has 1 N–H and O–H groups in total. The zero-order chi connectivity index (χ0) is 14.5. The van der Waals surface area contributed by atoms with Gasteiger partial charge in [0.2, 0.25) is 0 Å². The molecule has 1 amide bonds. The molecule has 0 heterocycles. The third kappa shape index (κ3) is 3.84. The maximum Gasteiger partial charge on any atom is 0.251 e. The maximum atomic E-state index is 12.2. The monoisotopic (exact) mass is 351 g/mol. The Morgan fingerprint density at radius 2 is 1.95 bits per heavy atom. The van der Waals surface area contributed by atoms with E-state index in [1.165, 1.54) is 0 Å². The van der Waals surface area contributed by atoms with Crippen molar-refractivity contribution >= 4 is 33.4 Å². The van der Waals surface area contributed by atoms with Crippen molar-refractivity contribution in [3.05, 3.63) is 69.7 Å². The fourth-order valence-electron chi connectivity index (χ4n) is 1.90. The lowest BCUT2D eigenvalue weighted by Crippen LogP contribution is -2.27. The van der Waals surface area contributed by atoms with Gasteiger partial charge in [-0.1, -0.05) is 52.3 Å². The summed E-state index contributed by atoms with van der Waals surface area (Å²) < 4.78 is 0.888. The van der Waals surface area contributed by atoms with E-state index in [1.807, 2.05) is 55.5 Å². The Kier molecular flexibility index (Phi) is 5.21. The first-order valence-corrected chi connectivity index (χ1v) is 7.54. The van der Waals surface area contributed by atoms with Crippen LogP contribution in [0.5, 0.6) is 0 Å². The quantitative estimate of drug-likeness (QED) is 0.808. The third-order valence-electron chi connectivity index (χ3n) is 3.05. The van der Waals surface area contributed by atoms with E-state index in [2.05, 4.69) is 21.2 Å². The lowest BCUT2D eigenvalue weighted by Gasteiger charge is -2.12. The van der Waals surface area contributed by atoms with Crippen LogP contribution in [-0.4, -0.2) is 12.5 Å². The van der Waals surface area contributed by atoms with Crippen molar-refractivity contribution in [2.45, 2.75) is 12.3 Å². The average Bonchev–Trinajstić information content (AvgIpc) is 2.47. The molecular weight excluding hydrogens is 338 g/mol. The Morgan fingerprint density at radius 1 is 1.25 bits per heavy atom. The topological polar surface area (TPSA) is 29.1 Å². The molecule has 2 nitrogen and oxygen atoms in total. The minimum atomic E-state index is -0.229. The molecule has 0 aliphatic carbocycles. The molecule has 4 heteroatoms. The van der Waals surface area contributed by atoms with Crippen LogP contribution < -0.4 is 5.32 Å². The molecule has 0 fully saturated rings. The minimum absolute atomic E-state index is 0.106. The van der Waals surface area contributed by atoms with Gasteiger partial charge in [0.05, 0.1) is 5.38 Å². The van der Waals surface area contributed by atoms with Crippen molar-refractivity contribution in [3.63, 3.8) is 0 Å². The number of hydrogen-bond acceptors (Lipinski definition) is 1. The van der Waals surface area contributed by atoms with Crippen LogP contribution in [-0.2, 0) is 0 Å². The normalized spacial score (nSPS) is 11.9. The Morgan fingerprint density at radius 3 is 2.65 bits per heavy atom. The first kappa shape index (κ1) is 15.1. The maximum absolute atomic E-state index is 12.2. The molecule has 1 unspecified atom stereocenters. The van der Waals surface area contributed by atoms with E-state index in [0.29, 0.717) is 12.1 Å². The second-order valence-electron chi connectivity index (χ2n) is 4.55. The number of carbonyl (C=O) groups excluding carboxylic acids is 1. The number of hydrogen-bond donors (Lipinski definition) is 1. The summed E-state index contributed by atoms with van der Waals surface area (Å²) in [6, 6.07) is 15.4. The zero-order valence-corrected chi connectivity index (χ0v) is 13.4. The molecule has 2 aromatic carbocycles. The fraction of sp³-hybridized carbons (Fsp3) is 0.188. The number of halogens is 2. The van der Waals surface area contributed by atoms with Gasteiger partial charge in [-0.05, 0) is 30.2 Å². The van der Waals surface area contributed by atoms with Crippen LogP contribution in [0.25, 0.3) is 0 Å². The van der Waals surface area contributed by atoms with Crippen molar-refractivity contribution < 1.29 is 4.79 Å². The van der Waals surface area contributed by atoms with Crippen LogP contribution in [0, 0.1) is 6.92 Å². The van der Waals surface area contributed by atoms with Crippen molar-refractivity contribution in [2.24, 2.45) is 0 Å². The van der Waals surface area contributed by atoms with E-state index in [0.717, 1.165) is 15.6 Å². The molecular formula is C16H15BrClNO. The molecule has 20 heavy (non-hydrogen) atoms. The molecule has 0 spiro atoms. The molecule has 104 valence electrons. The Hall–Kier alpha value is -1.32. The molecule has 0 aromatic heterocycles. The highest BCUT2D eigenvalue weighted by Crippen LogP contribution is 2.20. The molecule has 0 saturated heterocycles. The summed E-state index contributed by atoms with van der Waals surface area (Å²) in [7, 11) is 0. The zero-order valence-electron chi connectivity index (χ0n) is 11.1. The number of rotatable bonds is 4. The van der Waals surface area contributed by atoms with Crippen LogP contribution >= 0.6 is 27.5 Å². The van der Waals surface area contributed by atoms with Gasteiger partial charge in [0.15, 0.2) is 0 Å². The number of amides is 1. The van der Waals surface area contributed by atoms with E-state index in [9.17, 15) is 4.79 Å². The average molecular weight is 353 g/mol. The highest BCUT2D eigenvalue weighted by Gasteiger charge is 2.12. The molecule has 0 saturated carbocycles. The number of benzene rings is 2. The number of nitrogens with one attached hydrogen (secondary N) is 1. The van der Waals surface area contributed by atoms with Crippen molar-refractivity contribution in [1.82, 2.24) is 5.32 Å². The van der Waals surface area contributed by atoms with Gasteiger partial charge in [-0.3, -0.25) is 4.79 Å². The highest BCUT2D eigenvalue weighted by atomic mass is 79.9. The molecule has 2 aromatic rings. The summed E-state index contributed by atoms with van der Waals surface area (Å²) in [5.41, 5.74) is 2.60. The Bertz CT molecular complexity index is 601. The predicted molar refractivity (Wildman–Crippen MR) is 86.2 cm³/mol. The van der Waals surface area contributed by atoms with Gasteiger partial charge in [0.1, 0.15) is 0 Å². The summed E-state index contributed by atoms with van der Waals surface area (Å²) >= 11 is 9.66. The fourth-order valence-corrected chi connectivity index (χ4v) is 2.48. The van der Waals surface area contributed by atoms with E-state index in [4.69, 9.17) is 11.6 Å². The first-order valence-electron chi connectivity index (χ1n) is 6.31. The second-order valence-corrected chi connectivity index (χ2v) is 5.99. The van der Waals surface area contributed by atoms with Gasteiger partial charge in [-0.15, -0.1) is 11.6 Å². The smallest absolute Gasteiger partial charge is 0.251 e.